The summed E-state index contributed by atoms with van der Waals surface area (Å²) in [6, 6.07) is 4.69. The molecule has 0 amide bonds. The largest absolute Gasteiger partial charge is 0.409 e. The van der Waals surface area contributed by atoms with Crippen molar-refractivity contribution in [3.63, 3.8) is 0 Å². The number of hydrogen-bond acceptors (Lipinski definition) is 3. The molecule has 0 aliphatic heterocycles. The van der Waals surface area contributed by atoms with Gasteiger partial charge in [-0.25, -0.2) is 12.9 Å². The molecule has 2 aromatic rings. The van der Waals surface area contributed by atoms with Crippen molar-refractivity contribution in [2.45, 2.75) is 24.0 Å². The molecule has 0 aliphatic rings. The Balaban J connectivity index is 2.47. The van der Waals surface area contributed by atoms with Crippen LogP contribution < -0.4 is 0 Å². The fraction of sp³-hybridized carbons (Fsp3) is 0.250. The Morgan fingerprint density at radius 3 is 2.44 bits per heavy atom. The van der Waals surface area contributed by atoms with Gasteiger partial charge in [-0.1, -0.05) is 19.1 Å². The van der Waals surface area contributed by atoms with Crippen molar-refractivity contribution in [3.05, 3.63) is 59.7 Å². The van der Waals surface area contributed by atoms with Crippen LogP contribution in [0.5, 0.6) is 0 Å². The second-order valence-corrected chi connectivity index (χ2v) is 6.44. The number of nitrogens with zero attached hydrogens (tertiary/aromatic N) is 3. The zero-order chi connectivity index (χ0) is 18.6. The van der Waals surface area contributed by atoms with Crippen molar-refractivity contribution in [1.82, 2.24) is 9.29 Å². The van der Waals surface area contributed by atoms with Crippen LogP contribution >= 0.6 is 0 Å². The number of pyridine rings is 1. The quantitative estimate of drug-likeness (QED) is 0.753. The fourth-order valence-corrected chi connectivity index (χ4v) is 3.59. The number of alkyl halides is 3. The first kappa shape index (κ1) is 19.0. The molecule has 0 saturated heterocycles. The zero-order valence-corrected chi connectivity index (χ0v) is 13.8. The van der Waals surface area contributed by atoms with Crippen molar-refractivity contribution in [3.8, 4) is 6.07 Å². The number of aromatic nitrogens is 1. The summed E-state index contributed by atoms with van der Waals surface area (Å²) in [5, 5.41) is 8.86. The van der Waals surface area contributed by atoms with E-state index in [1.807, 2.05) is 0 Å². The van der Waals surface area contributed by atoms with Crippen LogP contribution in [0.4, 0.5) is 17.6 Å². The second kappa shape index (κ2) is 7.72. The van der Waals surface area contributed by atoms with Gasteiger partial charge in [-0.05, 0) is 23.8 Å². The highest BCUT2D eigenvalue weighted by molar-refractivity contribution is 7.82. The van der Waals surface area contributed by atoms with E-state index >= 15 is 0 Å². The van der Waals surface area contributed by atoms with Crippen molar-refractivity contribution in [2.75, 3.05) is 6.54 Å². The topological polar surface area (TPSA) is 57.0 Å². The smallest absolute Gasteiger partial charge is 0.262 e. The first-order chi connectivity index (χ1) is 11.8. The van der Waals surface area contributed by atoms with Gasteiger partial charge in [-0.15, -0.1) is 0 Å². The molecule has 1 aromatic carbocycles. The van der Waals surface area contributed by atoms with E-state index in [0.717, 1.165) is 34.8 Å². The van der Waals surface area contributed by atoms with Gasteiger partial charge < -0.3 is 0 Å². The molecule has 4 nitrogen and oxygen atoms in total. The van der Waals surface area contributed by atoms with Gasteiger partial charge in [0.25, 0.3) is 0 Å². The summed E-state index contributed by atoms with van der Waals surface area (Å²) in [6.07, 6.45) is -2.36. The predicted molar refractivity (Wildman–Crippen MR) is 82.9 cm³/mol. The minimum absolute atomic E-state index is 0.0164. The highest BCUT2D eigenvalue weighted by Crippen LogP contribution is 2.39. The normalized spacial score (nSPS) is 14.1. The molecule has 0 fully saturated rings. The first-order valence-corrected chi connectivity index (χ1v) is 8.24. The Labute approximate surface area is 144 Å². The summed E-state index contributed by atoms with van der Waals surface area (Å²) in [6.45, 7) is 1.24. The highest BCUT2D eigenvalue weighted by atomic mass is 32.2. The molecular formula is C16H13F4N3OS. The van der Waals surface area contributed by atoms with Gasteiger partial charge in [-0.2, -0.15) is 18.4 Å². The predicted octanol–water partition coefficient (Wildman–Crippen LogP) is 3.74. The van der Waals surface area contributed by atoms with Crippen LogP contribution in [0.1, 0.15) is 24.1 Å². The SMILES string of the molecule is CCN(C(c1ccc(F)cc1)C(F)(F)F)S(=O)c1cncc(C#N)c1. The lowest BCUT2D eigenvalue weighted by Crippen LogP contribution is -2.39. The van der Waals surface area contributed by atoms with E-state index in [1.165, 1.54) is 19.2 Å². The minimum Gasteiger partial charge on any atom is -0.262 e. The van der Waals surface area contributed by atoms with E-state index in [2.05, 4.69) is 4.98 Å². The summed E-state index contributed by atoms with van der Waals surface area (Å²) in [5.41, 5.74) is -0.138. The molecule has 2 unspecified atom stereocenters. The molecule has 0 spiro atoms. The van der Waals surface area contributed by atoms with Crippen LogP contribution in [0.25, 0.3) is 0 Å². The fourth-order valence-electron chi connectivity index (χ4n) is 2.27. The number of nitriles is 1. The van der Waals surface area contributed by atoms with Gasteiger partial charge in [0.05, 0.1) is 10.5 Å². The first-order valence-electron chi connectivity index (χ1n) is 7.13. The maximum atomic E-state index is 13.6. The number of rotatable bonds is 5. The van der Waals surface area contributed by atoms with Gasteiger partial charge in [0.15, 0.2) is 0 Å². The summed E-state index contributed by atoms with van der Waals surface area (Å²) in [7, 11) is -2.21. The Hall–Kier alpha value is -2.31. The second-order valence-electron chi connectivity index (χ2n) is 5.00. The lowest BCUT2D eigenvalue weighted by atomic mass is 10.1. The zero-order valence-electron chi connectivity index (χ0n) is 13.0. The van der Waals surface area contributed by atoms with E-state index in [0.29, 0.717) is 0 Å². The van der Waals surface area contributed by atoms with E-state index in [4.69, 9.17) is 5.26 Å². The summed E-state index contributed by atoms with van der Waals surface area (Å²) < 4.78 is 67.3. The van der Waals surface area contributed by atoms with Crippen molar-refractivity contribution in [1.29, 1.82) is 5.26 Å². The standard InChI is InChI=1S/C16H13F4N3OS/c1-2-23(25(24)14-7-11(8-21)9-22-10-14)15(16(18,19)20)12-3-5-13(17)6-4-12/h3-7,9-10,15H,2H2,1H3. The third-order valence-corrected chi connectivity index (χ3v) is 4.87. The van der Waals surface area contributed by atoms with Gasteiger partial charge in [0, 0.05) is 18.9 Å². The molecule has 132 valence electrons. The van der Waals surface area contributed by atoms with Crippen LogP contribution in [0, 0.1) is 17.1 Å². The molecule has 2 rings (SSSR count). The van der Waals surface area contributed by atoms with E-state index in [9.17, 15) is 21.8 Å². The third kappa shape index (κ3) is 4.41. The van der Waals surface area contributed by atoms with Crippen LogP contribution in [0.2, 0.25) is 0 Å². The Morgan fingerprint density at radius 2 is 1.92 bits per heavy atom. The van der Waals surface area contributed by atoms with E-state index < -0.39 is 29.0 Å². The van der Waals surface area contributed by atoms with Gasteiger partial charge in [0.2, 0.25) is 0 Å². The number of benzene rings is 1. The Kier molecular flexibility index (Phi) is 5.87. The Morgan fingerprint density at radius 1 is 1.28 bits per heavy atom. The highest BCUT2D eigenvalue weighted by Gasteiger charge is 2.46. The van der Waals surface area contributed by atoms with E-state index in [1.54, 1.807) is 6.07 Å². The third-order valence-electron chi connectivity index (χ3n) is 3.35. The van der Waals surface area contributed by atoms with Crippen LogP contribution in [0.15, 0.2) is 47.6 Å². The lowest BCUT2D eigenvalue weighted by molar-refractivity contribution is -0.172. The molecule has 1 heterocycles. The lowest BCUT2D eigenvalue weighted by Gasteiger charge is -2.31. The monoisotopic (exact) mass is 371 g/mol. The molecule has 25 heavy (non-hydrogen) atoms. The average Bonchev–Trinajstić information content (AvgIpc) is 2.59. The molecule has 0 bridgehead atoms. The molecule has 2 atom stereocenters. The molecule has 1 aromatic heterocycles. The van der Waals surface area contributed by atoms with Gasteiger partial charge >= 0.3 is 6.18 Å². The van der Waals surface area contributed by atoms with Crippen LogP contribution in [0.3, 0.4) is 0 Å². The van der Waals surface area contributed by atoms with Crippen molar-refractivity contribution in [2.24, 2.45) is 0 Å². The van der Waals surface area contributed by atoms with Crippen LogP contribution in [-0.4, -0.2) is 26.2 Å². The average molecular weight is 371 g/mol. The van der Waals surface area contributed by atoms with Gasteiger partial charge in [0.1, 0.15) is 28.9 Å². The molecule has 0 aliphatic carbocycles. The number of halogens is 4. The summed E-state index contributed by atoms with van der Waals surface area (Å²) in [4.78, 5) is 3.71. The molecule has 0 radical (unpaired) electrons. The Bertz CT molecular complexity index is 802. The molecule has 9 heteroatoms. The number of hydrogen-bond donors (Lipinski definition) is 0. The molecular weight excluding hydrogens is 358 g/mol. The van der Waals surface area contributed by atoms with E-state index in [-0.39, 0.29) is 22.6 Å². The van der Waals surface area contributed by atoms with Crippen molar-refractivity contribution < 1.29 is 21.8 Å². The molecule has 0 saturated carbocycles. The van der Waals surface area contributed by atoms with Gasteiger partial charge in [-0.3, -0.25) is 4.98 Å². The van der Waals surface area contributed by atoms with Crippen LogP contribution in [-0.2, 0) is 11.0 Å². The van der Waals surface area contributed by atoms with Crippen molar-refractivity contribution >= 4 is 11.0 Å². The summed E-state index contributed by atoms with van der Waals surface area (Å²) >= 11 is 0. The maximum Gasteiger partial charge on any atom is 0.409 e. The molecule has 0 N–H and O–H groups in total. The minimum atomic E-state index is -4.73. The maximum absolute atomic E-state index is 13.6. The summed E-state index contributed by atoms with van der Waals surface area (Å²) in [5.74, 6) is -0.667.